The number of benzene rings is 1. The SMILES string of the molecule is CC(C)(C)[Si](C)(C)OCc1ccccc1C(OC[C@H]1CO1)C1CC1. The van der Waals surface area contributed by atoms with Crippen LogP contribution in [0.3, 0.4) is 0 Å². The molecule has 3 nitrogen and oxygen atoms in total. The quantitative estimate of drug-likeness (QED) is 0.485. The molecule has 0 amide bonds. The van der Waals surface area contributed by atoms with Gasteiger partial charge in [0, 0.05) is 0 Å². The smallest absolute Gasteiger partial charge is 0.192 e. The molecule has 0 bridgehead atoms. The highest BCUT2D eigenvalue weighted by molar-refractivity contribution is 6.74. The van der Waals surface area contributed by atoms with Crippen LogP contribution in [-0.4, -0.2) is 27.6 Å². The Morgan fingerprint density at radius 3 is 2.46 bits per heavy atom. The van der Waals surface area contributed by atoms with E-state index in [1.54, 1.807) is 0 Å². The fourth-order valence-electron chi connectivity index (χ4n) is 2.67. The first-order valence-electron chi connectivity index (χ1n) is 9.23. The summed E-state index contributed by atoms with van der Waals surface area (Å²) in [7, 11) is -1.74. The molecule has 0 N–H and O–H groups in total. The summed E-state index contributed by atoms with van der Waals surface area (Å²) < 4.78 is 18.0. The first-order chi connectivity index (χ1) is 11.3. The van der Waals surface area contributed by atoms with Gasteiger partial charge < -0.3 is 13.9 Å². The highest BCUT2D eigenvalue weighted by Gasteiger charge is 2.38. The average Bonchev–Trinajstić information content (AvgIpc) is 3.39. The molecule has 4 heteroatoms. The van der Waals surface area contributed by atoms with Crippen LogP contribution in [0.5, 0.6) is 0 Å². The zero-order valence-electron chi connectivity index (χ0n) is 15.8. The molecule has 0 aromatic heterocycles. The van der Waals surface area contributed by atoms with E-state index in [1.165, 1.54) is 24.0 Å². The standard InChI is InChI=1S/C20H32O3Si/c1-20(2,3)24(4,5)23-12-16-8-6-7-9-18(16)19(15-10-11-15)22-14-17-13-21-17/h6-9,15,17,19H,10-14H2,1-5H3/t17-,19?/m1/s1. The summed E-state index contributed by atoms with van der Waals surface area (Å²) in [6, 6.07) is 8.66. The van der Waals surface area contributed by atoms with Crippen molar-refractivity contribution in [1.82, 2.24) is 0 Å². The second-order valence-electron chi connectivity index (χ2n) is 8.79. The van der Waals surface area contributed by atoms with Crippen molar-refractivity contribution in [2.75, 3.05) is 13.2 Å². The number of ether oxygens (including phenoxy) is 2. The van der Waals surface area contributed by atoms with E-state index in [2.05, 4.69) is 58.1 Å². The lowest BCUT2D eigenvalue weighted by Gasteiger charge is -2.36. The van der Waals surface area contributed by atoms with Crippen molar-refractivity contribution in [2.24, 2.45) is 5.92 Å². The van der Waals surface area contributed by atoms with E-state index < -0.39 is 8.32 Å². The summed E-state index contributed by atoms with van der Waals surface area (Å²) in [4.78, 5) is 0. The Bertz CT molecular complexity index is 556. The summed E-state index contributed by atoms with van der Waals surface area (Å²) in [5, 5.41) is 0.234. The minimum atomic E-state index is -1.74. The van der Waals surface area contributed by atoms with Crippen LogP contribution < -0.4 is 0 Å². The van der Waals surface area contributed by atoms with Gasteiger partial charge in [-0.2, -0.15) is 0 Å². The zero-order chi connectivity index (χ0) is 17.4. The molecule has 1 aromatic rings. The third kappa shape index (κ3) is 4.48. The number of epoxide rings is 1. The fourth-order valence-corrected chi connectivity index (χ4v) is 3.62. The van der Waals surface area contributed by atoms with Crippen LogP contribution in [0.2, 0.25) is 18.1 Å². The predicted octanol–water partition coefficient (Wildman–Crippen LogP) is 5.07. The molecule has 1 unspecified atom stereocenters. The van der Waals surface area contributed by atoms with Gasteiger partial charge in [-0.15, -0.1) is 0 Å². The van der Waals surface area contributed by atoms with Gasteiger partial charge in [0.05, 0.1) is 25.9 Å². The monoisotopic (exact) mass is 348 g/mol. The van der Waals surface area contributed by atoms with Crippen molar-refractivity contribution >= 4 is 8.32 Å². The molecule has 1 heterocycles. The van der Waals surface area contributed by atoms with Crippen LogP contribution in [0.25, 0.3) is 0 Å². The van der Waals surface area contributed by atoms with Crippen LogP contribution in [0.1, 0.15) is 50.8 Å². The molecular weight excluding hydrogens is 316 g/mol. The van der Waals surface area contributed by atoms with E-state index in [1.807, 2.05) is 0 Å². The molecule has 2 atom stereocenters. The summed E-state index contributed by atoms with van der Waals surface area (Å²) in [6.45, 7) is 13.8. The number of hydrogen-bond acceptors (Lipinski definition) is 3. The Balaban J connectivity index is 1.71. The number of rotatable bonds is 8. The highest BCUT2D eigenvalue weighted by atomic mass is 28.4. The molecule has 134 valence electrons. The van der Waals surface area contributed by atoms with E-state index in [-0.39, 0.29) is 11.1 Å². The maximum absolute atomic E-state index is 6.47. The molecule has 1 aromatic carbocycles. The third-order valence-corrected chi connectivity index (χ3v) is 10.1. The lowest BCUT2D eigenvalue weighted by Crippen LogP contribution is -2.40. The van der Waals surface area contributed by atoms with Crippen molar-refractivity contribution in [2.45, 2.75) is 70.6 Å². The zero-order valence-corrected chi connectivity index (χ0v) is 16.8. The summed E-state index contributed by atoms with van der Waals surface area (Å²) >= 11 is 0. The lowest BCUT2D eigenvalue weighted by atomic mass is 9.99. The van der Waals surface area contributed by atoms with E-state index in [9.17, 15) is 0 Å². The third-order valence-electron chi connectivity index (χ3n) is 5.67. The van der Waals surface area contributed by atoms with Crippen molar-refractivity contribution in [3.8, 4) is 0 Å². The first-order valence-corrected chi connectivity index (χ1v) is 12.1. The van der Waals surface area contributed by atoms with Crippen molar-refractivity contribution in [3.05, 3.63) is 35.4 Å². The lowest BCUT2D eigenvalue weighted by molar-refractivity contribution is 0.0263. The molecule has 24 heavy (non-hydrogen) atoms. The Morgan fingerprint density at radius 1 is 1.21 bits per heavy atom. The van der Waals surface area contributed by atoms with E-state index >= 15 is 0 Å². The van der Waals surface area contributed by atoms with Crippen LogP contribution in [-0.2, 0) is 20.5 Å². The molecule has 1 aliphatic carbocycles. The molecular formula is C20H32O3Si. The van der Waals surface area contributed by atoms with Gasteiger partial charge in [-0.25, -0.2) is 0 Å². The number of hydrogen-bond donors (Lipinski definition) is 0. The van der Waals surface area contributed by atoms with E-state index in [0.717, 1.165) is 13.2 Å². The molecule has 3 rings (SSSR count). The van der Waals surface area contributed by atoms with Crippen LogP contribution in [0.15, 0.2) is 24.3 Å². The Hall–Kier alpha value is -0.683. The normalized spacial score (nSPS) is 22.5. The Labute approximate surface area is 147 Å². The van der Waals surface area contributed by atoms with E-state index in [4.69, 9.17) is 13.9 Å². The van der Waals surface area contributed by atoms with Gasteiger partial charge in [0.2, 0.25) is 0 Å². The van der Waals surface area contributed by atoms with Crippen molar-refractivity contribution in [3.63, 3.8) is 0 Å². The molecule has 2 aliphatic rings. The van der Waals surface area contributed by atoms with Gasteiger partial charge >= 0.3 is 0 Å². The molecule has 1 aliphatic heterocycles. The Morgan fingerprint density at radius 2 is 1.88 bits per heavy atom. The van der Waals surface area contributed by atoms with Gasteiger partial charge in [-0.3, -0.25) is 0 Å². The maximum Gasteiger partial charge on any atom is 0.192 e. The van der Waals surface area contributed by atoms with E-state index in [0.29, 0.717) is 18.6 Å². The molecule has 0 radical (unpaired) electrons. The van der Waals surface area contributed by atoms with Crippen molar-refractivity contribution in [1.29, 1.82) is 0 Å². The fraction of sp³-hybridized carbons (Fsp3) is 0.700. The average molecular weight is 349 g/mol. The molecule has 2 fully saturated rings. The molecule has 0 spiro atoms. The second-order valence-corrected chi connectivity index (χ2v) is 13.6. The summed E-state index contributed by atoms with van der Waals surface area (Å²) in [5.41, 5.74) is 2.61. The van der Waals surface area contributed by atoms with Gasteiger partial charge in [-0.1, -0.05) is 45.0 Å². The molecule has 1 saturated heterocycles. The Kier molecular flexibility index (Phi) is 5.21. The summed E-state index contributed by atoms with van der Waals surface area (Å²) in [6.07, 6.45) is 3.07. The summed E-state index contributed by atoms with van der Waals surface area (Å²) in [5.74, 6) is 0.665. The van der Waals surface area contributed by atoms with Crippen molar-refractivity contribution < 1.29 is 13.9 Å². The highest BCUT2D eigenvalue weighted by Crippen LogP contribution is 2.45. The van der Waals surface area contributed by atoms with Crippen LogP contribution in [0, 0.1) is 5.92 Å². The van der Waals surface area contributed by atoms with Gasteiger partial charge in [0.1, 0.15) is 6.10 Å². The van der Waals surface area contributed by atoms with Gasteiger partial charge in [0.15, 0.2) is 8.32 Å². The maximum atomic E-state index is 6.47. The van der Waals surface area contributed by atoms with Gasteiger partial charge in [-0.05, 0) is 48.0 Å². The minimum Gasteiger partial charge on any atom is -0.413 e. The van der Waals surface area contributed by atoms with Crippen LogP contribution >= 0.6 is 0 Å². The topological polar surface area (TPSA) is 31.0 Å². The van der Waals surface area contributed by atoms with Crippen LogP contribution in [0.4, 0.5) is 0 Å². The largest absolute Gasteiger partial charge is 0.413 e. The predicted molar refractivity (Wildman–Crippen MR) is 99.6 cm³/mol. The first kappa shape index (κ1) is 18.1. The van der Waals surface area contributed by atoms with Gasteiger partial charge in [0.25, 0.3) is 0 Å². The molecule has 1 saturated carbocycles. The second kappa shape index (κ2) is 6.91. The minimum absolute atomic E-state index is 0.202.